The van der Waals surface area contributed by atoms with Crippen LogP contribution in [0.1, 0.15) is 17.0 Å². The molecule has 0 amide bonds. The molecule has 128 valence electrons. The Morgan fingerprint density at radius 1 is 1.00 bits per heavy atom. The fraction of sp³-hybridized carbons (Fsp3) is 0.333. The summed E-state index contributed by atoms with van der Waals surface area (Å²) in [5.41, 5.74) is 1.58. The monoisotopic (exact) mass is 332 g/mol. The summed E-state index contributed by atoms with van der Waals surface area (Å²) in [5.74, 6) is 1.88. The number of hydrogen-bond donors (Lipinski definition) is 2. The van der Waals surface area contributed by atoms with Gasteiger partial charge in [0.25, 0.3) is 0 Å². The zero-order valence-electron chi connectivity index (χ0n) is 13.8. The number of fused-ring (bicyclic) bond motifs is 1. The Bertz CT molecular complexity index is 756. The number of benzene rings is 2. The maximum absolute atomic E-state index is 10.7. The maximum atomic E-state index is 10.7. The van der Waals surface area contributed by atoms with Crippen molar-refractivity contribution in [3.05, 3.63) is 35.4 Å². The molecule has 6 nitrogen and oxygen atoms in total. The number of ether oxygens (including phenoxy) is 4. The second kappa shape index (κ2) is 6.39. The number of rotatable bonds is 4. The lowest BCUT2D eigenvalue weighted by Crippen LogP contribution is -2.20. The number of aromatic hydroxyl groups is 2. The molecule has 0 fully saturated rings. The van der Waals surface area contributed by atoms with Gasteiger partial charge in [0.05, 0.1) is 27.9 Å². The third-order valence-corrected chi connectivity index (χ3v) is 4.23. The average molecular weight is 332 g/mol. The molecule has 0 saturated carbocycles. The van der Waals surface area contributed by atoms with E-state index in [0.29, 0.717) is 35.8 Å². The van der Waals surface area contributed by atoms with Crippen LogP contribution in [-0.2, 0) is 6.42 Å². The van der Waals surface area contributed by atoms with Crippen molar-refractivity contribution in [2.75, 3.05) is 27.9 Å². The van der Waals surface area contributed by atoms with E-state index in [9.17, 15) is 10.2 Å². The first-order valence-corrected chi connectivity index (χ1v) is 7.55. The highest BCUT2D eigenvalue weighted by Gasteiger charge is 2.30. The van der Waals surface area contributed by atoms with E-state index in [4.69, 9.17) is 18.9 Å². The molecule has 0 radical (unpaired) electrons. The highest BCUT2D eigenvalue weighted by molar-refractivity contribution is 5.62. The summed E-state index contributed by atoms with van der Waals surface area (Å²) in [6, 6.07) is 6.73. The summed E-state index contributed by atoms with van der Waals surface area (Å²) >= 11 is 0. The summed E-state index contributed by atoms with van der Waals surface area (Å²) in [6.07, 6.45) is 0.648. The molecule has 1 aliphatic rings. The van der Waals surface area contributed by atoms with Crippen LogP contribution in [0.2, 0.25) is 0 Å². The van der Waals surface area contributed by atoms with E-state index in [2.05, 4.69) is 0 Å². The first-order chi connectivity index (χ1) is 11.6. The van der Waals surface area contributed by atoms with Gasteiger partial charge in [0, 0.05) is 23.6 Å². The van der Waals surface area contributed by atoms with Gasteiger partial charge in [-0.3, -0.25) is 0 Å². The Morgan fingerprint density at radius 3 is 2.42 bits per heavy atom. The quantitative estimate of drug-likeness (QED) is 0.896. The first kappa shape index (κ1) is 16.1. The summed E-state index contributed by atoms with van der Waals surface area (Å²) in [7, 11) is 4.52. The van der Waals surface area contributed by atoms with Gasteiger partial charge < -0.3 is 29.2 Å². The molecule has 0 saturated heterocycles. The van der Waals surface area contributed by atoms with Crippen LogP contribution in [0.4, 0.5) is 0 Å². The average Bonchev–Trinajstić information content (AvgIpc) is 2.60. The fourth-order valence-corrected chi connectivity index (χ4v) is 3.08. The van der Waals surface area contributed by atoms with Crippen LogP contribution < -0.4 is 18.9 Å². The molecule has 24 heavy (non-hydrogen) atoms. The molecule has 6 heteroatoms. The summed E-state index contributed by atoms with van der Waals surface area (Å²) < 4.78 is 21.7. The second-order valence-electron chi connectivity index (χ2n) is 5.58. The van der Waals surface area contributed by atoms with Crippen molar-refractivity contribution in [3.8, 4) is 34.5 Å². The molecular weight excluding hydrogens is 312 g/mol. The van der Waals surface area contributed by atoms with Crippen LogP contribution in [0, 0.1) is 0 Å². The van der Waals surface area contributed by atoms with Crippen LogP contribution in [0.5, 0.6) is 34.5 Å². The predicted molar refractivity (Wildman–Crippen MR) is 87.8 cm³/mol. The van der Waals surface area contributed by atoms with Gasteiger partial charge in [-0.05, 0) is 18.1 Å². The van der Waals surface area contributed by atoms with Gasteiger partial charge in [0.15, 0.2) is 11.5 Å². The number of phenols is 2. The molecule has 1 heterocycles. The van der Waals surface area contributed by atoms with Gasteiger partial charge in [-0.25, -0.2) is 0 Å². The third kappa shape index (κ3) is 2.64. The summed E-state index contributed by atoms with van der Waals surface area (Å²) in [4.78, 5) is 0. The van der Waals surface area contributed by atoms with Crippen molar-refractivity contribution < 1.29 is 29.2 Å². The van der Waals surface area contributed by atoms with E-state index in [0.717, 1.165) is 5.56 Å². The lowest BCUT2D eigenvalue weighted by molar-refractivity contribution is 0.251. The lowest BCUT2D eigenvalue weighted by atomic mass is 9.88. The smallest absolute Gasteiger partial charge is 0.203 e. The standard InChI is InChI=1S/C18H20O6/c1-21-14-8-15(22-2)18(23-3)17(20)16(14)11-6-10-4-5-12(19)7-13(10)24-9-11/h4-5,7-8,11,19-20H,6,9H2,1-3H3/t11-/m1/s1. The van der Waals surface area contributed by atoms with E-state index in [-0.39, 0.29) is 23.2 Å². The highest BCUT2D eigenvalue weighted by Crippen LogP contribution is 2.49. The second-order valence-corrected chi connectivity index (χ2v) is 5.58. The van der Waals surface area contributed by atoms with Gasteiger partial charge in [-0.2, -0.15) is 0 Å². The summed E-state index contributed by atoms with van der Waals surface area (Å²) in [6.45, 7) is 0.357. The van der Waals surface area contributed by atoms with Crippen molar-refractivity contribution in [1.29, 1.82) is 0 Å². The van der Waals surface area contributed by atoms with Gasteiger partial charge in [0.2, 0.25) is 5.75 Å². The minimum atomic E-state index is -0.114. The van der Waals surface area contributed by atoms with Gasteiger partial charge in [-0.1, -0.05) is 6.07 Å². The molecule has 0 aliphatic carbocycles. The van der Waals surface area contributed by atoms with Gasteiger partial charge in [0.1, 0.15) is 17.2 Å². The lowest BCUT2D eigenvalue weighted by Gasteiger charge is -2.28. The van der Waals surface area contributed by atoms with E-state index in [1.807, 2.05) is 6.07 Å². The fourth-order valence-electron chi connectivity index (χ4n) is 3.08. The molecule has 0 aromatic heterocycles. The zero-order chi connectivity index (χ0) is 17.3. The Hall–Kier alpha value is -2.76. The molecule has 0 unspecified atom stereocenters. The van der Waals surface area contributed by atoms with Crippen molar-refractivity contribution in [3.63, 3.8) is 0 Å². The van der Waals surface area contributed by atoms with E-state index in [1.54, 1.807) is 25.3 Å². The molecular formula is C18H20O6. The molecule has 1 atom stereocenters. The number of phenolic OH excluding ortho intramolecular Hbond substituents is 2. The van der Waals surface area contributed by atoms with E-state index >= 15 is 0 Å². The predicted octanol–water partition coefficient (Wildman–Crippen LogP) is 2.84. The first-order valence-electron chi connectivity index (χ1n) is 7.55. The number of methoxy groups -OCH3 is 3. The van der Waals surface area contributed by atoms with Crippen molar-refractivity contribution in [2.24, 2.45) is 0 Å². The Balaban J connectivity index is 2.05. The SMILES string of the molecule is COc1cc(OC)c([C@H]2COc3cc(O)ccc3C2)c(O)c1OC. The van der Waals surface area contributed by atoms with E-state index < -0.39 is 0 Å². The molecule has 3 rings (SSSR count). The normalized spacial score (nSPS) is 16.0. The molecule has 1 aliphatic heterocycles. The molecule has 0 bridgehead atoms. The van der Waals surface area contributed by atoms with Crippen LogP contribution in [-0.4, -0.2) is 38.1 Å². The zero-order valence-corrected chi connectivity index (χ0v) is 13.8. The maximum Gasteiger partial charge on any atom is 0.203 e. The largest absolute Gasteiger partial charge is 0.508 e. The Labute approximate surface area is 140 Å². The molecule has 2 aromatic rings. The van der Waals surface area contributed by atoms with Gasteiger partial charge in [-0.15, -0.1) is 0 Å². The minimum absolute atomic E-state index is 0.00970. The van der Waals surface area contributed by atoms with Crippen molar-refractivity contribution in [2.45, 2.75) is 12.3 Å². The van der Waals surface area contributed by atoms with Gasteiger partial charge >= 0.3 is 0 Å². The minimum Gasteiger partial charge on any atom is -0.508 e. The molecule has 2 aromatic carbocycles. The van der Waals surface area contributed by atoms with Crippen molar-refractivity contribution in [1.82, 2.24) is 0 Å². The van der Waals surface area contributed by atoms with Crippen molar-refractivity contribution >= 4 is 0 Å². The van der Waals surface area contributed by atoms with Crippen LogP contribution in [0.3, 0.4) is 0 Å². The number of hydrogen-bond acceptors (Lipinski definition) is 6. The summed E-state index contributed by atoms with van der Waals surface area (Å²) in [5, 5.41) is 20.2. The van der Waals surface area contributed by atoms with E-state index in [1.165, 1.54) is 14.2 Å². The topological polar surface area (TPSA) is 77.4 Å². The highest BCUT2D eigenvalue weighted by atomic mass is 16.5. The van der Waals surface area contributed by atoms with Crippen LogP contribution >= 0.6 is 0 Å². The Kier molecular flexibility index (Phi) is 4.29. The molecule has 2 N–H and O–H groups in total. The molecule has 0 spiro atoms. The third-order valence-electron chi connectivity index (χ3n) is 4.23. The van der Waals surface area contributed by atoms with Crippen LogP contribution in [0.25, 0.3) is 0 Å². The van der Waals surface area contributed by atoms with Crippen LogP contribution in [0.15, 0.2) is 24.3 Å². The Morgan fingerprint density at radius 2 is 1.75 bits per heavy atom.